The van der Waals surface area contributed by atoms with Crippen molar-refractivity contribution in [3.8, 4) is 0 Å². The summed E-state index contributed by atoms with van der Waals surface area (Å²) in [5, 5.41) is 4.70. The summed E-state index contributed by atoms with van der Waals surface area (Å²) in [5.74, 6) is -4.09. The third-order valence-corrected chi connectivity index (χ3v) is 2.34. The molecule has 16 heavy (non-hydrogen) atoms. The molecule has 0 bridgehead atoms. The highest BCUT2D eigenvalue weighted by Gasteiger charge is 2.42. The Kier molecular flexibility index (Phi) is 3.79. The van der Waals surface area contributed by atoms with Crippen molar-refractivity contribution in [2.24, 2.45) is 0 Å². The van der Waals surface area contributed by atoms with Crippen LogP contribution in [-0.4, -0.2) is 43.5 Å². The van der Waals surface area contributed by atoms with Crippen LogP contribution in [0.2, 0.25) is 0 Å². The Morgan fingerprint density at radius 3 is 2.62 bits per heavy atom. The van der Waals surface area contributed by atoms with Crippen molar-refractivity contribution in [1.82, 2.24) is 10.6 Å². The lowest BCUT2D eigenvalue weighted by Crippen LogP contribution is -2.47. The molecule has 1 fully saturated rings. The predicted molar refractivity (Wildman–Crippen MR) is 51.0 cm³/mol. The lowest BCUT2D eigenvalue weighted by Gasteiger charge is -2.15. The average Bonchev–Trinajstić information content (AvgIpc) is 2.57. The largest absolute Gasteiger partial charge is 0.467 e. The van der Waals surface area contributed by atoms with Crippen molar-refractivity contribution in [1.29, 1.82) is 0 Å². The minimum absolute atomic E-state index is 0.516. The fourth-order valence-corrected chi connectivity index (χ4v) is 1.45. The van der Waals surface area contributed by atoms with Gasteiger partial charge in [-0.25, -0.2) is 13.6 Å². The van der Waals surface area contributed by atoms with Gasteiger partial charge in [-0.05, 0) is 6.92 Å². The highest BCUT2D eigenvalue weighted by Crippen LogP contribution is 2.25. The standard InChI is InChI=1S/C9H14F2N2O3/c1-5(8(15)16-2)13-7(14)6-3-9(10,11)4-12-6/h5-6,12H,3-4H2,1-2H3,(H,13,14)/t5-,6?/m0/s1. The zero-order chi connectivity index (χ0) is 12.3. The van der Waals surface area contributed by atoms with Crippen LogP contribution in [0.4, 0.5) is 8.78 Å². The maximum Gasteiger partial charge on any atom is 0.328 e. The first-order valence-electron chi connectivity index (χ1n) is 4.85. The van der Waals surface area contributed by atoms with Crippen LogP contribution in [0.15, 0.2) is 0 Å². The van der Waals surface area contributed by atoms with Crippen LogP contribution >= 0.6 is 0 Å². The molecule has 1 heterocycles. The third-order valence-electron chi connectivity index (χ3n) is 2.34. The minimum atomic E-state index is -2.86. The van der Waals surface area contributed by atoms with E-state index in [1.54, 1.807) is 0 Å². The van der Waals surface area contributed by atoms with Gasteiger partial charge in [0.25, 0.3) is 5.92 Å². The highest BCUT2D eigenvalue weighted by molar-refractivity contribution is 5.87. The molecule has 0 radical (unpaired) electrons. The second kappa shape index (κ2) is 4.73. The SMILES string of the molecule is COC(=O)[C@H](C)NC(=O)C1CC(F)(F)CN1. The molecule has 0 aromatic rings. The van der Waals surface area contributed by atoms with Crippen LogP contribution in [0.25, 0.3) is 0 Å². The monoisotopic (exact) mass is 236 g/mol. The molecule has 0 aromatic heterocycles. The molecular weight excluding hydrogens is 222 g/mol. The van der Waals surface area contributed by atoms with Crippen molar-refractivity contribution in [2.45, 2.75) is 31.4 Å². The van der Waals surface area contributed by atoms with Gasteiger partial charge in [-0.15, -0.1) is 0 Å². The molecule has 1 saturated heterocycles. The molecule has 1 aliphatic rings. The van der Waals surface area contributed by atoms with Gasteiger partial charge in [0.2, 0.25) is 5.91 Å². The number of nitrogens with one attached hydrogen (secondary N) is 2. The Labute approximate surface area is 91.5 Å². The number of halogens is 2. The van der Waals surface area contributed by atoms with E-state index >= 15 is 0 Å². The number of carbonyl (C=O) groups is 2. The summed E-state index contributed by atoms with van der Waals surface area (Å²) in [7, 11) is 1.19. The first-order valence-corrected chi connectivity index (χ1v) is 4.85. The van der Waals surface area contributed by atoms with E-state index in [1.165, 1.54) is 14.0 Å². The third kappa shape index (κ3) is 3.13. The summed E-state index contributed by atoms with van der Waals surface area (Å²) < 4.78 is 30.0. The van der Waals surface area contributed by atoms with Gasteiger partial charge in [0.1, 0.15) is 6.04 Å². The zero-order valence-electron chi connectivity index (χ0n) is 9.05. The molecule has 0 aromatic carbocycles. The number of amides is 1. The normalized spacial score (nSPS) is 24.9. The Hall–Kier alpha value is -1.24. The quantitative estimate of drug-likeness (QED) is 0.658. The van der Waals surface area contributed by atoms with Gasteiger partial charge in [-0.2, -0.15) is 0 Å². The fourth-order valence-electron chi connectivity index (χ4n) is 1.45. The van der Waals surface area contributed by atoms with Crippen molar-refractivity contribution in [3.05, 3.63) is 0 Å². The van der Waals surface area contributed by atoms with E-state index in [0.717, 1.165) is 0 Å². The van der Waals surface area contributed by atoms with Crippen LogP contribution in [-0.2, 0) is 14.3 Å². The minimum Gasteiger partial charge on any atom is -0.467 e. The Morgan fingerprint density at radius 2 is 2.19 bits per heavy atom. The smallest absolute Gasteiger partial charge is 0.328 e. The van der Waals surface area contributed by atoms with Gasteiger partial charge in [0, 0.05) is 6.42 Å². The summed E-state index contributed by atoms with van der Waals surface area (Å²) in [4.78, 5) is 22.4. The number of rotatable bonds is 3. The van der Waals surface area contributed by atoms with E-state index in [2.05, 4.69) is 15.4 Å². The second-order valence-corrected chi connectivity index (χ2v) is 3.75. The van der Waals surface area contributed by atoms with Gasteiger partial charge in [0.05, 0.1) is 19.7 Å². The van der Waals surface area contributed by atoms with E-state index in [0.29, 0.717) is 0 Å². The number of methoxy groups -OCH3 is 1. The van der Waals surface area contributed by atoms with Gasteiger partial charge in [-0.3, -0.25) is 10.1 Å². The van der Waals surface area contributed by atoms with Crippen LogP contribution in [0, 0.1) is 0 Å². The molecule has 7 heteroatoms. The number of carbonyl (C=O) groups excluding carboxylic acids is 2. The van der Waals surface area contributed by atoms with Crippen molar-refractivity contribution in [2.75, 3.05) is 13.7 Å². The average molecular weight is 236 g/mol. The molecule has 0 saturated carbocycles. The summed E-state index contributed by atoms with van der Waals surface area (Å²) in [6, 6.07) is -1.80. The lowest BCUT2D eigenvalue weighted by atomic mass is 10.1. The van der Waals surface area contributed by atoms with E-state index in [1.807, 2.05) is 0 Å². The summed E-state index contributed by atoms with van der Waals surface area (Å²) in [6.45, 7) is 0.911. The van der Waals surface area contributed by atoms with Gasteiger partial charge in [0.15, 0.2) is 0 Å². The predicted octanol–water partition coefficient (Wildman–Crippen LogP) is -0.339. The molecule has 5 nitrogen and oxygen atoms in total. The van der Waals surface area contributed by atoms with E-state index < -0.39 is 42.8 Å². The molecule has 0 aliphatic carbocycles. The van der Waals surface area contributed by atoms with Gasteiger partial charge < -0.3 is 10.1 Å². The number of hydrogen-bond acceptors (Lipinski definition) is 4. The number of hydrogen-bond donors (Lipinski definition) is 2. The van der Waals surface area contributed by atoms with Crippen molar-refractivity contribution >= 4 is 11.9 Å². The molecule has 92 valence electrons. The molecule has 0 spiro atoms. The topological polar surface area (TPSA) is 67.4 Å². The number of ether oxygens (including phenoxy) is 1. The van der Waals surface area contributed by atoms with Crippen LogP contribution in [0.1, 0.15) is 13.3 Å². The first kappa shape index (κ1) is 12.8. The molecule has 1 unspecified atom stereocenters. The lowest BCUT2D eigenvalue weighted by molar-refractivity contribution is -0.144. The van der Waals surface area contributed by atoms with E-state index in [4.69, 9.17) is 0 Å². The van der Waals surface area contributed by atoms with Crippen LogP contribution in [0.5, 0.6) is 0 Å². The van der Waals surface area contributed by atoms with Crippen LogP contribution < -0.4 is 10.6 Å². The maximum absolute atomic E-state index is 12.8. The number of esters is 1. The zero-order valence-corrected chi connectivity index (χ0v) is 9.05. The van der Waals surface area contributed by atoms with Crippen molar-refractivity contribution < 1.29 is 23.1 Å². The van der Waals surface area contributed by atoms with Crippen LogP contribution in [0.3, 0.4) is 0 Å². The molecule has 1 rings (SSSR count). The van der Waals surface area contributed by atoms with E-state index in [-0.39, 0.29) is 0 Å². The molecular formula is C9H14F2N2O3. The Bertz CT molecular complexity index is 296. The fraction of sp³-hybridized carbons (Fsp3) is 0.778. The van der Waals surface area contributed by atoms with Crippen molar-refractivity contribution in [3.63, 3.8) is 0 Å². The summed E-state index contributed by atoms with van der Waals surface area (Å²) in [5.41, 5.74) is 0. The Morgan fingerprint density at radius 1 is 1.56 bits per heavy atom. The first-order chi connectivity index (χ1) is 7.35. The highest BCUT2D eigenvalue weighted by atomic mass is 19.3. The summed E-state index contributed by atoms with van der Waals surface area (Å²) >= 11 is 0. The summed E-state index contributed by atoms with van der Waals surface area (Å²) in [6.07, 6.45) is -0.549. The Balaban J connectivity index is 2.45. The number of alkyl halides is 2. The maximum atomic E-state index is 12.8. The molecule has 1 amide bonds. The van der Waals surface area contributed by atoms with Gasteiger partial charge >= 0.3 is 5.97 Å². The van der Waals surface area contributed by atoms with E-state index in [9.17, 15) is 18.4 Å². The molecule has 1 aliphatic heterocycles. The second-order valence-electron chi connectivity index (χ2n) is 3.75. The molecule has 2 atom stereocenters. The van der Waals surface area contributed by atoms with Gasteiger partial charge in [-0.1, -0.05) is 0 Å². The molecule has 2 N–H and O–H groups in total.